The van der Waals surface area contributed by atoms with E-state index in [0.717, 1.165) is 0 Å². The maximum absolute atomic E-state index is 10.5. The van der Waals surface area contributed by atoms with Crippen molar-refractivity contribution in [2.24, 2.45) is 0 Å². The molecule has 0 aromatic heterocycles. The number of hydrogen-bond donors (Lipinski definition) is 0. The Morgan fingerprint density at radius 1 is 1.53 bits per heavy atom. The molecule has 0 aliphatic carbocycles. The molecule has 76 valence electrons. The number of nitriles is 1. The SMILES string of the molecule is N#Cc1cc(C=CCCl)cc([N+](=O)[O-])c1. The van der Waals surface area contributed by atoms with Crippen LogP contribution in [0.15, 0.2) is 24.3 Å². The fourth-order valence-electron chi connectivity index (χ4n) is 1.08. The first kappa shape index (κ1) is 11.2. The molecule has 15 heavy (non-hydrogen) atoms. The molecule has 4 nitrogen and oxygen atoms in total. The first-order valence-electron chi connectivity index (χ1n) is 4.09. The minimum absolute atomic E-state index is 0.0942. The minimum Gasteiger partial charge on any atom is -0.258 e. The lowest BCUT2D eigenvalue weighted by atomic mass is 10.1. The highest BCUT2D eigenvalue weighted by molar-refractivity contribution is 6.19. The minimum atomic E-state index is -0.529. The number of alkyl halides is 1. The molecule has 0 saturated heterocycles. The van der Waals surface area contributed by atoms with Crippen molar-refractivity contribution in [1.82, 2.24) is 0 Å². The lowest BCUT2D eigenvalue weighted by molar-refractivity contribution is -0.384. The number of nitro benzene ring substituents is 1. The second-order valence-corrected chi connectivity index (χ2v) is 3.05. The third-order valence-corrected chi connectivity index (χ3v) is 1.86. The molecule has 0 atom stereocenters. The summed E-state index contributed by atoms with van der Waals surface area (Å²) in [6.45, 7) is 0. The largest absolute Gasteiger partial charge is 0.271 e. The number of halogens is 1. The van der Waals surface area contributed by atoms with Crippen LogP contribution < -0.4 is 0 Å². The summed E-state index contributed by atoms with van der Waals surface area (Å²) in [5.41, 5.74) is 0.767. The van der Waals surface area contributed by atoms with E-state index in [0.29, 0.717) is 11.4 Å². The summed E-state index contributed by atoms with van der Waals surface area (Å²) in [4.78, 5) is 10.0. The van der Waals surface area contributed by atoms with E-state index in [4.69, 9.17) is 16.9 Å². The molecule has 1 rings (SSSR count). The van der Waals surface area contributed by atoms with Crippen LogP contribution in [0, 0.1) is 21.4 Å². The molecule has 0 bridgehead atoms. The van der Waals surface area contributed by atoms with Crippen LogP contribution >= 0.6 is 11.6 Å². The molecule has 1 aromatic rings. The lowest BCUT2D eigenvalue weighted by Crippen LogP contribution is -1.90. The summed E-state index contributed by atoms with van der Waals surface area (Å²) < 4.78 is 0. The van der Waals surface area contributed by atoms with Crippen molar-refractivity contribution >= 4 is 23.4 Å². The van der Waals surface area contributed by atoms with E-state index in [-0.39, 0.29) is 11.3 Å². The normalized spacial score (nSPS) is 10.1. The Labute approximate surface area is 91.6 Å². The van der Waals surface area contributed by atoms with Crippen LogP contribution in [0.3, 0.4) is 0 Å². The zero-order chi connectivity index (χ0) is 11.3. The summed E-state index contributed by atoms with van der Waals surface area (Å²) in [6, 6.07) is 6.06. The van der Waals surface area contributed by atoms with Crippen LogP contribution in [0.1, 0.15) is 11.1 Å². The van der Waals surface area contributed by atoms with Gasteiger partial charge in [-0.2, -0.15) is 5.26 Å². The number of non-ortho nitro benzene ring substituents is 1. The molecular weight excluding hydrogens is 216 g/mol. The van der Waals surface area contributed by atoms with Gasteiger partial charge in [-0.05, 0) is 11.6 Å². The molecule has 1 aromatic carbocycles. The predicted molar refractivity (Wildman–Crippen MR) is 57.6 cm³/mol. The van der Waals surface area contributed by atoms with E-state index in [1.807, 2.05) is 6.07 Å². The van der Waals surface area contributed by atoms with E-state index >= 15 is 0 Å². The van der Waals surface area contributed by atoms with Crippen LogP contribution in [0.25, 0.3) is 6.08 Å². The molecule has 0 aliphatic heterocycles. The number of nitrogens with zero attached hydrogens (tertiary/aromatic N) is 2. The molecule has 0 aliphatic rings. The van der Waals surface area contributed by atoms with Gasteiger partial charge in [0.25, 0.3) is 5.69 Å². The zero-order valence-electron chi connectivity index (χ0n) is 7.68. The Hall–Kier alpha value is -1.86. The molecule has 0 amide bonds. The summed E-state index contributed by atoms with van der Waals surface area (Å²) in [5, 5.41) is 19.2. The molecule has 0 unspecified atom stereocenters. The van der Waals surface area contributed by atoms with Gasteiger partial charge in [-0.1, -0.05) is 12.2 Å². The van der Waals surface area contributed by atoms with Gasteiger partial charge < -0.3 is 0 Å². The third-order valence-electron chi connectivity index (χ3n) is 1.68. The van der Waals surface area contributed by atoms with Crippen LogP contribution in [-0.4, -0.2) is 10.8 Å². The highest BCUT2D eigenvalue weighted by Gasteiger charge is 2.07. The van der Waals surface area contributed by atoms with Gasteiger partial charge in [-0.3, -0.25) is 10.1 Å². The first-order chi connectivity index (χ1) is 7.17. The van der Waals surface area contributed by atoms with Gasteiger partial charge in [0.2, 0.25) is 0 Å². The van der Waals surface area contributed by atoms with Crippen molar-refractivity contribution in [3.8, 4) is 6.07 Å². The van der Waals surface area contributed by atoms with Gasteiger partial charge in [-0.15, -0.1) is 11.6 Å². The number of nitro groups is 1. The van der Waals surface area contributed by atoms with Crippen molar-refractivity contribution in [3.63, 3.8) is 0 Å². The van der Waals surface area contributed by atoms with Crippen molar-refractivity contribution in [1.29, 1.82) is 5.26 Å². The number of rotatable bonds is 3. The van der Waals surface area contributed by atoms with Gasteiger partial charge in [0.05, 0.1) is 16.6 Å². The maximum Gasteiger partial charge on any atom is 0.271 e. The predicted octanol–water partition coefficient (Wildman–Crippen LogP) is 2.72. The van der Waals surface area contributed by atoms with Gasteiger partial charge >= 0.3 is 0 Å². The van der Waals surface area contributed by atoms with Crippen molar-refractivity contribution in [3.05, 3.63) is 45.5 Å². The maximum atomic E-state index is 10.5. The van der Waals surface area contributed by atoms with Crippen LogP contribution in [-0.2, 0) is 0 Å². The fraction of sp³-hybridized carbons (Fsp3) is 0.100. The molecule has 0 spiro atoms. The zero-order valence-corrected chi connectivity index (χ0v) is 8.44. The quantitative estimate of drug-likeness (QED) is 0.449. The van der Waals surface area contributed by atoms with Crippen molar-refractivity contribution in [2.75, 3.05) is 5.88 Å². The fourth-order valence-corrected chi connectivity index (χ4v) is 1.17. The molecule has 0 radical (unpaired) electrons. The lowest BCUT2D eigenvalue weighted by Gasteiger charge is -1.96. The molecule has 0 fully saturated rings. The average molecular weight is 223 g/mol. The summed E-state index contributed by atoms with van der Waals surface area (Å²) in [6.07, 6.45) is 3.29. The highest BCUT2D eigenvalue weighted by atomic mass is 35.5. The average Bonchev–Trinajstić information content (AvgIpc) is 2.25. The van der Waals surface area contributed by atoms with Crippen molar-refractivity contribution in [2.45, 2.75) is 0 Å². The molecule has 0 saturated carbocycles. The number of hydrogen-bond acceptors (Lipinski definition) is 3. The monoisotopic (exact) mass is 222 g/mol. The third kappa shape index (κ3) is 3.08. The molecule has 0 heterocycles. The second kappa shape index (κ2) is 5.13. The second-order valence-electron chi connectivity index (χ2n) is 2.74. The smallest absolute Gasteiger partial charge is 0.258 e. The van der Waals surface area contributed by atoms with Gasteiger partial charge in [-0.25, -0.2) is 0 Å². The Morgan fingerprint density at radius 2 is 2.27 bits per heavy atom. The summed E-state index contributed by atoms with van der Waals surface area (Å²) in [7, 11) is 0. The Bertz CT molecular complexity index is 449. The molecule has 0 N–H and O–H groups in total. The Morgan fingerprint density at radius 3 is 2.80 bits per heavy atom. The number of benzene rings is 1. The van der Waals surface area contributed by atoms with E-state index < -0.39 is 4.92 Å². The summed E-state index contributed by atoms with van der Waals surface area (Å²) >= 11 is 5.44. The standard InChI is InChI=1S/C10H7ClN2O2/c11-3-1-2-8-4-9(7-12)6-10(5-8)13(14)15/h1-2,4-6H,3H2. The van der Waals surface area contributed by atoms with Crippen LogP contribution in [0.4, 0.5) is 5.69 Å². The van der Waals surface area contributed by atoms with Gasteiger partial charge in [0, 0.05) is 18.0 Å². The van der Waals surface area contributed by atoms with Crippen LogP contribution in [0.2, 0.25) is 0 Å². The summed E-state index contributed by atoms with van der Waals surface area (Å²) in [5.74, 6) is 0.324. The van der Waals surface area contributed by atoms with E-state index in [2.05, 4.69) is 0 Å². The number of allylic oxidation sites excluding steroid dienone is 1. The Balaban J connectivity index is 3.18. The van der Waals surface area contributed by atoms with Crippen LogP contribution in [0.5, 0.6) is 0 Å². The first-order valence-corrected chi connectivity index (χ1v) is 4.63. The molecular formula is C10H7ClN2O2. The van der Waals surface area contributed by atoms with E-state index in [1.54, 1.807) is 18.2 Å². The Kier molecular flexibility index (Phi) is 3.83. The molecule has 5 heteroatoms. The van der Waals surface area contributed by atoms with E-state index in [9.17, 15) is 10.1 Å². The topological polar surface area (TPSA) is 66.9 Å². The van der Waals surface area contributed by atoms with Gasteiger partial charge in [0.15, 0.2) is 0 Å². The highest BCUT2D eigenvalue weighted by Crippen LogP contribution is 2.17. The van der Waals surface area contributed by atoms with E-state index in [1.165, 1.54) is 12.1 Å². The van der Waals surface area contributed by atoms with Gasteiger partial charge in [0.1, 0.15) is 0 Å². The van der Waals surface area contributed by atoms with Crippen molar-refractivity contribution < 1.29 is 4.92 Å².